The molecule has 0 aliphatic carbocycles. The number of rotatable bonds is 3. The Morgan fingerprint density at radius 2 is 1.17 bits per heavy atom. The number of carbonyl (C=O) groups excluding carboxylic acids is 2. The summed E-state index contributed by atoms with van der Waals surface area (Å²) in [5.74, 6) is -4.12. The molecule has 12 heavy (non-hydrogen) atoms. The fraction of sp³-hybridized carbons (Fsp3) is 0.500. The molecule has 0 rings (SSSR count). The molecule has 0 bridgehead atoms. The first-order valence-corrected chi connectivity index (χ1v) is 2.24. The minimum Gasteiger partial charge on any atom is -0.547 e. The van der Waals surface area contributed by atoms with Gasteiger partial charge in [0.05, 0.1) is 11.9 Å². The molecular weight excluding hydrogens is 257 g/mol. The number of aliphatic hydroxyl groups is 2. The average molecular weight is 261 g/mol. The molecule has 60 valence electrons. The van der Waals surface area contributed by atoms with E-state index in [4.69, 9.17) is 10.2 Å². The molecule has 6 nitrogen and oxygen atoms in total. The first kappa shape index (κ1) is 18.1. The van der Waals surface area contributed by atoms with Crippen molar-refractivity contribution in [2.24, 2.45) is 0 Å². The second-order valence-electron chi connectivity index (χ2n) is 1.53. The van der Waals surface area contributed by atoms with E-state index >= 15 is 0 Å². The molecular formula is C4H4O6TiZn+2. The van der Waals surface area contributed by atoms with Crippen LogP contribution in [0.5, 0.6) is 0 Å². The van der Waals surface area contributed by atoms with Crippen LogP contribution in [0.1, 0.15) is 0 Å². The van der Waals surface area contributed by atoms with Crippen molar-refractivity contribution in [1.29, 1.82) is 0 Å². The van der Waals surface area contributed by atoms with E-state index < -0.39 is 24.1 Å². The quantitative estimate of drug-likeness (QED) is 0.492. The van der Waals surface area contributed by atoms with Crippen molar-refractivity contribution < 1.29 is 71.2 Å². The minimum atomic E-state index is -2.44. The molecule has 2 atom stereocenters. The summed E-state index contributed by atoms with van der Waals surface area (Å²) >= 11 is 0. The summed E-state index contributed by atoms with van der Waals surface area (Å²) in [6.07, 6.45) is -4.88. The standard InChI is InChI=1S/C4H6O6.Ti.Zn/c5-1(3(7)8)2(6)4(9)10;;/h1-2,5-6H,(H,7,8)(H,9,10);;/q;2*+2/p-2. The zero-order chi connectivity index (χ0) is 8.31. The number of carboxylic acids is 2. The Labute approximate surface area is 95.2 Å². The number of aliphatic hydroxyl groups excluding tert-OH is 2. The van der Waals surface area contributed by atoms with Gasteiger partial charge in [-0.15, -0.1) is 0 Å². The van der Waals surface area contributed by atoms with E-state index in [0.717, 1.165) is 0 Å². The molecule has 0 fully saturated rings. The Morgan fingerprint density at radius 3 is 1.25 bits per heavy atom. The Balaban J connectivity index is -0.000000405. The third-order valence-corrected chi connectivity index (χ3v) is 0.782. The summed E-state index contributed by atoms with van der Waals surface area (Å²) in [6.45, 7) is 0. The van der Waals surface area contributed by atoms with Gasteiger partial charge in [-0.25, -0.2) is 0 Å². The summed E-state index contributed by atoms with van der Waals surface area (Å²) in [6, 6.07) is 0. The van der Waals surface area contributed by atoms with Crippen LogP contribution in [0, 0.1) is 0 Å². The molecule has 2 N–H and O–H groups in total. The van der Waals surface area contributed by atoms with Crippen molar-refractivity contribution in [3.63, 3.8) is 0 Å². The third-order valence-electron chi connectivity index (χ3n) is 0.782. The van der Waals surface area contributed by atoms with Crippen molar-refractivity contribution in [2.75, 3.05) is 0 Å². The molecule has 2 unspecified atom stereocenters. The van der Waals surface area contributed by atoms with Gasteiger partial charge in [0, 0.05) is 0 Å². The summed E-state index contributed by atoms with van der Waals surface area (Å²) < 4.78 is 0. The van der Waals surface area contributed by atoms with Crippen LogP contribution < -0.4 is 10.2 Å². The van der Waals surface area contributed by atoms with Crippen LogP contribution in [0.4, 0.5) is 0 Å². The number of carbonyl (C=O) groups is 2. The molecule has 0 saturated heterocycles. The van der Waals surface area contributed by atoms with Crippen LogP contribution in [0.15, 0.2) is 0 Å². The maximum atomic E-state index is 9.63. The van der Waals surface area contributed by atoms with Crippen molar-refractivity contribution in [2.45, 2.75) is 12.2 Å². The molecule has 0 aromatic heterocycles. The van der Waals surface area contributed by atoms with Crippen LogP contribution in [-0.2, 0) is 50.8 Å². The third kappa shape index (κ3) is 5.80. The zero-order valence-electron chi connectivity index (χ0n) is 5.89. The molecule has 0 heterocycles. The van der Waals surface area contributed by atoms with Crippen LogP contribution >= 0.6 is 0 Å². The summed E-state index contributed by atoms with van der Waals surface area (Å²) in [4.78, 5) is 19.3. The summed E-state index contributed by atoms with van der Waals surface area (Å²) in [7, 11) is 0. The predicted molar refractivity (Wildman–Crippen MR) is 22.0 cm³/mol. The first-order chi connectivity index (χ1) is 4.46. The van der Waals surface area contributed by atoms with Crippen LogP contribution in [0.3, 0.4) is 0 Å². The van der Waals surface area contributed by atoms with Gasteiger partial charge in [0.25, 0.3) is 0 Å². The smallest absolute Gasteiger partial charge is 0.547 e. The summed E-state index contributed by atoms with van der Waals surface area (Å²) in [5.41, 5.74) is 0. The van der Waals surface area contributed by atoms with Gasteiger partial charge in [-0.2, -0.15) is 0 Å². The van der Waals surface area contributed by atoms with E-state index in [2.05, 4.69) is 0 Å². The van der Waals surface area contributed by atoms with E-state index in [-0.39, 0.29) is 41.2 Å². The molecule has 0 radical (unpaired) electrons. The molecule has 0 amide bonds. The van der Waals surface area contributed by atoms with E-state index in [1.807, 2.05) is 0 Å². The molecule has 0 saturated carbocycles. The van der Waals surface area contributed by atoms with Crippen molar-refractivity contribution in [3.8, 4) is 0 Å². The monoisotopic (exact) mass is 260 g/mol. The molecule has 0 aromatic carbocycles. The zero-order valence-corrected chi connectivity index (χ0v) is 10.4. The normalized spacial score (nSPS) is 13.2. The minimum absolute atomic E-state index is 0. The van der Waals surface area contributed by atoms with E-state index in [0.29, 0.717) is 0 Å². The van der Waals surface area contributed by atoms with E-state index in [1.165, 1.54) is 0 Å². The SMILES string of the molecule is O=C([O-])C(O)C(O)C(=O)[O-].[Ti+2].[Zn+2]. The summed E-state index contributed by atoms with van der Waals surface area (Å²) in [5, 5.41) is 35.7. The van der Waals surface area contributed by atoms with Crippen molar-refractivity contribution >= 4 is 11.9 Å². The Morgan fingerprint density at radius 1 is 1.00 bits per heavy atom. The first-order valence-electron chi connectivity index (χ1n) is 2.24. The number of hydrogen-bond acceptors (Lipinski definition) is 6. The van der Waals surface area contributed by atoms with Crippen molar-refractivity contribution in [1.82, 2.24) is 0 Å². The maximum Gasteiger partial charge on any atom is 2.00 e. The predicted octanol–water partition coefficient (Wildman–Crippen LogP) is -4.80. The van der Waals surface area contributed by atoms with Gasteiger partial charge < -0.3 is 30.0 Å². The van der Waals surface area contributed by atoms with Crippen LogP contribution in [0.2, 0.25) is 0 Å². The van der Waals surface area contributed by atoms with Gasteiger partial charge in [0.1, 0.15) is 12.2 Å². The Bertz CT molecular complexity index is 144. The Kier molecular flexibility index (Phi) is 11.8. The van der Waals surface area contributed by atoms with E-state index in [1.54, 1.807) is 0 Å². The van der Waals surface area contributed by atoms with Crippen LogP contribution in [-0.4, -0.2) is 34.4 Å². The van der Waals surface area contributed by atoms with E-state index in [9.17, 15) is 19.8 Å². The Hall–Kier alpha value is 0.198. The molecule has 0 aliphatic rings. The molecule has 0 aromatic rings. The van der Waals surface area contributed by atoms with Gasteiger partial charge in [0.15, 0.2) is 0 Å². The molecule has 0 spiro atoms. The topological polar surface area (TPSA) is 121 Å². The fourth-order valence-electron chi connectivity index (χ4n) is 0.258. The fourth-order valence-corrected chi connectivity index (χ4v) is 0.258. The maximum absolute atomic E-state index is 9.63. The van der Waals surface area contributed by atoms with Gasteiger partial charge in [-0.1, -0.05) is 0 Å². The largest absolute Gasteiger partial charge is 2.00 e. The second kappa shape index (κ2) is 7.83. The van der Waals surface area contributed by atoms with Gasteiger partial charge in [-0.3, -0.25) is 0 Å². The average Bonchev–Trinajstić information content (AvgIpc) is 1.84. The van der Waals surface area contributed by atoms with Gasteiger partial charge in [0.2, 0.25) is 0 Å². The van der Waals surface area contributed by atoms with Gasteiger partial charge >= 0.3 is 41.2 Å². The van der Waals surface area contributed by atoms with Crippen molar-refractivity contribution in [3.05, 3.63) is 0 Å². The number of carboxylic acid groups (broad SMARTS) is 2. The molecule has 8 heteroatoms. The second-order valence-corrected chi connectivity index (χ2v) is 1.53. The van der Waals surface area contributed by atoms with Gasteiger partial charge in [-0.05, 0) is 0 Å². The number of aliphatic carboxylic acids is 2. The number of hydrogen-bond donors (Lipinski definition) is 2. The molecule has 0 aliphatic heterocycles. The van der Waals surface area contributed by atoms with Crippen LogP contribution in [0.25, 0.3) is 0 Å².